The summed E-state index contributed by atoms with van der Waals surface area (Å²) in [5.41, 5.74) is 3.04. The van der Waals surface area contributed by atoms with Crippen LogP contribution in [0, 0.1) is 0 Å². The van der Waals surface area contributed by atoms with Gasteiger partial charge in [-0.15, -0.1) is 0 Å². The average Bonchev–Trinajstić information content (AvgIpc) is 3.54. The van der Waals surface area contributed by atoms with Crippen molar-refractivity contribution in [2.45, 2.75) is 19.3 Å². The zero-order valence-electron chi connectivity index (χ0n) is 18.6. The highest BCUT2D eigenvalue weighted by atomic mass is 16.5. The molecule has 0 aliphatic carbocycles. The van der Waals surface area contributed by atoms with Gasteiger partial charge in [0.2, 0.25) is 0 Å². The number of aliphatic imine (C=N–C) groups is 1. The molecule has 0 spiro atoms. The highest BCUT2D eigenvalue weighted by Gasteiger charge is 2.08. The van der Waals surface area contributed by atoms with Crippen molar-refractivity contribution in [3.63, 3.8) is 0 Å². The van der Waals surface area contributed by atoms with Crippen molar-refractivity contribution in [3.05, 3.63) is 84.4 Å². The molecule has 0 radical (unpaired) electrons. The summed E-state index contributed by atoms with van der Waals surface area (Å²) < 4.78 is 17.8. The van der Waals surface area contributed by atoms with Crippen molar-refractivity contribution in [2.24, 2.45) is 4.99 Å². The van der Waals surface area contributed by atoms with E-state index < -0.39 is 0 Å². The molecule has 33 heavy (non-hydrogen) atoms. The average molecular weight is 441 g/mol. The molecule has 5 nitrogen and oxygen atoms in total. The van der Waals surface area contributed by atoms with Crippen LogP contribution < -0.4 is 14.8 Å². The summed E-state index contributed by atoms with van der Waals surface area (Å²) in [5.74, 6) is 3.60. The van der Waals surface area contributed by atoms with Crippen molar-refractivity contribution in [1.29, 1.82) is 0 Å². The molecule has 0 fully saturated rings. The summed E-state index contributed by atoms with van der Waals surface area (Å²) in [6.07, 6.45) is 3.04. The summed E-state index contributed by atoms with van der Waals surface area (Å²) >= 11 is 0. The molecule has 0 unspecified atom stereocenters. The molecular weight excluding hydrogens is 412 g/mol. The number of unbranched alkanes of at least 4 members (excludes halogenated alkanes) is 2. The number of hydrogen-bond acceptors (Lipinski definition) is 5. The highest BCUT2D eigenvalue weighted by molar-refractivity contribution is 5.99. The quantitative estimate of drug-likeness (QED) is 0.304. The van der Waals surface area contributed by atoms with Crippen LogP contribution in [0.15, 0.2) is 88.3 Å². The van der Waals surface area contributed by atoms with Crippen molar-refractivity contribution >= 4 is 16.8 Å². The van der Waals surface area contributed by atoms with Crippen molar-refractivity contribution in [1.82, 2.24) is 5.32 Å². The molecular formula is C28H28N2O3. The predicted octanol–water partition coefficient (Wildman–Crippen LogP) is 6.08. The van der Waals surface area contributed by atoms with Crippen LogP contribution in [0.3, 0.4) is 0 Å². The van der Waals surface area contributed by atoms with Gasteiger partial charge in [0.1, 0.15) is 28.7 Å². The second-order valence-corrected chi connectivity index (χ2v) is 8.12. The Morgan fingerprint density at radius 3 is 2.36 bits per heavy atom. The standard InChI is InChI=1S/C28H28N2O3/c1(4-17-31-24-13-11-21(12-14-24)28-29-15-16-30-28)5-18-32-25-9-6-8-22(19-25)27-20-23-7-2-3-10-26(23)33-27/h2-3,6-14,19-20H,1,4-5,15-18H2,(H,29,30). The van der Waals surface area contributed by atoms with Crippen molar-refractivity contribution in [3.8, 4) is 22.8 Å². The number of ether oxygens (including phenoxy) is 2. The Labute approximate surface area is 194 Å². The van der Waals surface area contributed by atoms with E-state index >= 15 is 0 Å². The lowest BCUT2D eigenvalue weighted by atomic mass is 10.1. The van der Waals surface area contributed by atoms with Crippen LogP contribution in [0.5, 0.6) is 11.5 Å². The van der Waals surface area contributed by atoms with Crippen molar-refractivity contribution < 1.29 is 13.9 Å². The first-order valence-corrected chi connectivity index (χ1v) is 11.6. The molecule has 1 N–H and O–H groups in total. The van der Waals surface area contributed by atoms with E-state index in [1.807, 2.05) is 54.6 Å². The monoisotopic (exact) mass is 440 g/mol. The van der Waals surface area contributed by atoms with E-state index in [0.717, 1.165) is 77.5 Å². The molecule has 168 valence electrons. The normalized spacial score (nSPS) is 13.0. The molecule has 1 aromatic heterocycles. The van der Waals surface area contributed by atoms with E-state index in [0.29, 0.717) is 13.2 Å². The van der Waals surface area contributed by atoms with Gasteiger partial charge in [-0.3, -0.25) is 4.99 Å². The number of benzene rings is 3. The van der Waals surface area contributed by atoms with E-state index in [4.69, 9.17) is 13.9 Å². The maximum atomic E-state index is 5.97. The Balaban J connectivity index is 1.02. The van der Waals surface area contributed by atoms with Crippen LogP contribution >= 0.6 is 0 Å². The second kappa shape index (κ2) is 10.3. The van der Waals surface area contributed by atoms with Gasteiger partial charge in [-0.25, -0.2) is 0 Å². The molecule has 5 heteroatoms. The maximum Gasteiger partial charge on any atom is 0.135 e. The fraction of sp³-hybridized carbons (Fsp3) is 0.250. The summed E-state index contributed by atoms with van der Waals surface area (Å²) in [6.45, 7) is 3.17. The predicted molar refractivity (Wildman–Crippen MR) is 132 cm³/mol. The third-order valence-electron chi connectivity index (χ3n) is 5.67. The molecule has 0 saturated carbocycles. The largest absolute Gasteiger partial charge is 0.494 e. The van der Waals surface area contributed by atoms with Crippen LogP contribution in [0.25, 0.3) is 22.3 Å². The summed E-state index contributed by atoms with van der Waals surface area (Å²) in [6, 6.07) is 26.3. The fourth-order valence-corrected chi connectivity index (χ4v) is 3.92. The molecule has 0 atom stereocenters. The number of furan rings is 1. The third-order valence-corrected chi connectivity index (χ3v) is 5.67. The van der Waals surface area contributed by atoms with E-state index in [-0.39, 0.29) is 0 Å². The molecule has 3 aromatic carbocycles. The van der Waals surface area contributed by atoms with Gasteiger partial charge in [0.15, 0.2) is 0 Å². The topological polar surface area (TPSA) is 56.0 Å². The van der Waals surface area contributed by atoms with Gasteiger partial charge >= 0.3 is 0 Å². The minimum atomic E-state index is 0.688. The zero-order valence-corrected chi connectivity index (χ0v) is 18.6. The lowest BCUT2D eigenvalue weighted by molar-refractivity contribution is 0.279. The minimum absolute atomic E-state index is 0.688. The molecule has 0 bridgehead atoms. The number of nitrogens with zero attached hydrogens (tertiary/aromatic N) is 1. The summed E-state index contributed by atoms with van der Waals surface area (Å²) in [7, 11) is 0. The summed E-state index contributed by atoms with van der Waals surface area (Å²) in [5, 5.41) is 4.39. The molecule has 4 aromatic rings. The lowest BCUT2D eigenvalue weighted by Gasteiger charge is -2.09. The minimum Gasteiger partial charge on any atom is -0.494 e. The molecule has 2 heterocycles. The van der Waals surface area contributed by atoms with Crippen molar-refractivity contribution in [2.75, 3.05) is 26.3 Å². The number of amidine groups is 1. The Hall–Kier alpha value is -3.73. The Morgan fingerprint density at radius 1 is 0.758 bits per heavy atom. The van der Waals surface area contributed by atoms with Gasteiger partial charge in [-0.05, 0) is 67.8 Å². The molecule has 1 aliphatic rings. The van der Waals surface area contributed by atoms with Gasteiger partial charge in [-0.2, -0.15) is 0 Å². The SMILES string of the molecule is c1cc(OCCCCCOc2ccc(C3=NCCN3)cc2)cc(-c2cc3ccccc3o2)c1. The van der Waals surface area contributed by atoms with Gasteiger partial charge in [-0.1, -0.05) is 30.3 Å². The Morgan fingerprint density at radius 2 is 1.58 bits per heavy atom. The van der Waals surface area contributed by atoms with E-state index in [9.17, 15) is 0 Å². The molecule has 5 rings (SSSR count). The van der Waals surface area contributed by atoms with Crippen LogP contribution in [0.1, 0.15) is 24.8 Å². The Bertz CT molecular complexity index is 1190. The van der Waals surface area contributed by atoms with E-state index in [1.165, 1.54) is 0 Å². The van der Waals surface area contributed by atoms with Gasteiger partial charge in [0.05, 0.1) is 19.8 Å². The fourth-order valence-electron chi connectivity index (χ4n) is 3.92. The molecule has 0 saturated heterocycles. The third kappa shape index (κ3) is 5.37. The first-order chi connectivity index (χ1) is 16.3. The smallest absolute Gasteiger partial charge is 0.135 e. The lowest BCUT2D eigenvalue weighted by Crippen LogP contribution is -2.19. The molecule has 1 aliphatic heterocycles. The van der Waals surface area contributed by atoms with Crippen LogP contribution in [0.2, 0.25) is 0 Å². The first kappa shape index (κ1) is 21.1. The zero-order chi connectivity index (χ0) is 22.3. The highest BCUT2D eigenvalue weighted by Crippen LogP contribution is 2.29. The molecule has 0 amide bonds. The first-order valence-electron chi connectivity index (χ1n) is 11.6. The van der Waals surface area contributed by atoms with Crippen LogP contribution in [0.4, 0.5) is 0 Å². The number of nitrogens with one attached hydrogen (secondary N) is 1. The number of fused-ring (bicyclic) bond motifs is 1. The number of hydrogen-bond donors (Lipinski definition) is 1. The summed E-state index contributed by atoms with van der Waals surface area (Å²) in [4.78, 5) is 4.44. The maximum absolute atomic E-state index is 5.97. The van der Waals surface area contributed by atoms with Gasteiger partial charge < -0.3 is 19.2 Å². The second-order valence-electron chi connectivity index (χ2n) is 8.12. The van der Waals surface area contributed by atoms with Crippen LogP contribution in [-0.2, 0) is 0 Å². The number of rotatable bonds is 10. The van der Waals surface area contributed by atoms with Gasteiger partial charge in [0, 0.05) is 23.1 Å². The van der Waals surface area contributed by atoms with E-state index in [1.54, 1.807) is 0 Å². The Kier molecular flexibility index (Phi) is 6.57. The van der Waals surface area contributed by atoms with E-state index in [2.05, 4.69) is 34.6 Å². The van der Waals surface area contributed by atoms with Gasteiger partial charge in [0.25, 0.3) is 0 Å². The number of para-hydroxylation sites is 1. The van der Waals surface area contributed by atoms with Crippen LogP contribution in [-0.4, -0.2) is 32.1 Å².